The number of amides is 1. The summed E-state index contributed by atoms with van der Waals surface area (Å²) < 4.78 is 16.5. The molecule has 0 radical (unpaired) electrons. The molecule has 2 aliphatic rings. The quantitative estimate of drug-likeness (QED) is 0.262. The minimum atomic E-state index is -0.864. The van der Waals surface area contributed by atoms with Crippen molar-refractivity contribution in [2.45, 2.75) is 86.1 Å². The molecule has 1 aliphatic carbocycles. The summed E-state index contributed by atoms with van der Waals surface area (Å²) in [5.41, 5.74) is 3.87. The molecule has 1 aromatic heterocycles. The van der Waals surface area contributed by atoms with Crippen molar-refractivity contribution in [1.29, 1.82) is 0 Å². The van der Waals surface area contributed by atoms with Crippen LogP contribution in [0.4, 0.5) is 4.39 Å². The van der Waals surface area contributed by atoms with E-state index >= 15 is 0 Å². The number of Topliss-reactive ketones (excluding diaryl/α,β-unsaturated/α-hetero) is 1. The van der Waals surface area contributed by atoms with Crippen molar-refractivity contribution >= 4 is 17.4 Å². The lowest BCUT2D eigenvalue weighted by molar-refractivity contribution is -0.131. The molecule has 1 unspecified atom stereocenters. The second kappa shape index (κ2) is 15.2. The maximum absolute atomic E-state index is 14.7. The van der Waals surface area contributed by atoms with E-state index in [1.54, 1.807) is 31.5 Å². The number of likely N-dealkylation sites (tertiary alicyclic amines) is 1. The van der Waals surface area contributed by atoms with Gasteiger partial charge in [-0.1, -0.05) is 63.9 Å². The number of carbonyl (C=O) groups excluding carboxylic acids is 2. The van der Waals surface area contributed by atoms with E-state index in [0.717, 1.165) is 54.1 Å². The number of hydrogen-bond donors (Lipinski definition) is 0. The first-order valence-corrected chi connectivity index (χ1v) is 15.7. The van der Waals surface area contributed by atoms with Gasteiger partial charge in [-0.05, 0) is 81.7 Å². The minimum Gasteiger partial charge on any atom is -0.342 e. The van der Waals surface area contributed by atoms with Gasteiger partial charge in [0.15, 0.2) is 5.78 Å². The largest absolute Gasteiger partial charge is 0.342 e. The molecule has 1 atom stereocenters. The van der Waals surface area contributed by atoms with Crippen LogP contribution < -0.4 is 0 Å². The Morgan fingerprint density at radius 2 is 1.53 bits per heavy atom. The van der Waals surface area contributed by atoms with Gasteiger partial charge in [-0.25, -0.2) is 4.39 Å². The van der Waals surface area contributed by atoms with Gasteiger partial charge >= 0.3 is 0 Å². The van der Waals surface area contributed by atoms with Gasteiger partial charge in [0.25, 0.3) is 0 Å². The molecule has 3 aromatic rings. The molecule has 232 valence electrons. The zero-order valence-electron chi connectivity index (χ0n) is 27.3. The molecule has 5 rings (SSSR count). The molecule has 0 N–H and O–H groups in total. The van der Waals surface area contributed by atoms with Crippen molar-refractivity contribution in [3.63, 3.8) is 0 Å². The fourth-order valence-corrected chi connectivity index (χ4v) is 4.93. The second-order valence-electron chi connectivity index (χ2n) is 12.3. The van der Waals surface area contributed by atoms with Crippen LogP contribution in [0.5, 0.6) is 0 Å². The first-order valence-electron chi connectivity index (χ1n) is 15.7. The molecule has 1 aliphatic heterocycles. The van der Waals surface area contributed by atoms with Crippen LogP contribution in [-0.4, -0.2) is 50.7 Å². The van der Waals surface area contributed by atoms with Crippen molar-refractivity contribution in [3.8, 4) is 22.3 Å². The number of nitrogens with zero attached hydrogens (tertiary/aromatic N) is 4. The van der Waals surface area contributed by atoms with Gasteiger partial charge in [-0.3, -0.25) is 19.3 Å². The third-order valence-electron chi connectivity index (χ3n) is 8.03. The summed E-state index contributed by atoms with van der Waals surface area (Å²) in [5.74, 6) is 1.23. The Labute approximate surface area is 257 Å². The molecule has 0 bridgehead atoms. The Morgan fingerprint density at radius 1 is 0.953 bits per heavy atom. The van der Waals surface area contributed by atoms with Crippen LogP contribution in [0.15, 0.2) is 59.9 Å². The summed E-state index contributed by atoms with van der Waals surface area (Å²) in [6.07, 6.45) is 9.77. The van der Waals surface area contributed by atoms with Gasteiger partial charge in [-0.15, -0.1) is 0 Å². The van der Waals surface area contributed by atoms with Crippen LogP contribution in [0, 0.1) is 17.7 Å². The average molecular weight is 589 g/mol. The van der Waals surface area contributed by atoms with Crippen LogP contribution in [0.3, 0.4) is 0 Å². The first-order chi connectivity index (χ1) is 20.4. The van der Waals surface area contributed by atoms with Crippen molar-refractivity contribution in [3.05, 3.63) is 66.2 Å². The molecular weight excluding hydrogens is 539 g/mol. The highest BCUT2D eigenvalue weighted by Crippen LogP contribution is 2.33. The summed E-state index contributed by atoms with van der Waals surface area (Å²) in [6, 6.07) is 13.0. The maximum atomic E-state index is 14.7. The normalized spacial score (nSPS) is 16.6. The summed E-state index contributed by atoms with van der Waals surface area (Å²) in [5, 5.41) is 4.18. The number of rotatable bonds is 7. The molecular formula is C36H49FN4O2. The van der Waals surface area contributed by atoms with Gasteiger partial charge < -0.3 is 4.90 Å². The Balaban J connectivity index is 0.000000278. The first kappa shape index (κ1) is 33.9. The standard InChI is InChI=1S/C23H24FN3O.C10H17NO.C3H8/c1-15(26-23(3,4)16(2)28)21-11-10-19(12-22(21)24)17-6-8-18(9-7-17)20-13-25-27(5)14-20;1-2-8-5-6-11(7-8)10(12)9-3-4-9;1-3-2/h6-14H,1-5H3;8-9H,2-7H2,1H3;3H2,1-2H3. The van der Waals surface area contributed by atoms with E-state index in [1.807, 2.05) is 49.8 Å². The Kier molecular flexibility index (Phi) is 12.0. The van der Waals surface area contributed by atoms with Gasteiger partial charge in [0.1, 0.15) is 11.4 Å². The van der Waals surface area contributed by atoms with E-state index in [-0.39, 0.29) is 11.6 Å². The third kappa shape index (κ3) is 9.44. The Morgan fingerprint density at radius 3 is 2.00 bits per heavy atom. The number of aromatic nitrogens is 2. The molecule has 43 heavy (non-hydrogen) atoms. The van der Waals surface area contributed by atoms with E-state index in [9.17, 15) is 14.0 Å². The summed E-state index contributed by atoms with van der Waals surface area (Å²) in [6.45, 7) is 15.2. The Hall–Kier alpha value is -3.61. The number of carbonyl (C=O) groups is 2. The molecule has 2 heterocycles. The van der Waals surface area contributed by atoms with Crippen molar-refractivity contribution in [1.82, 2.24) is 14.7 Å². The van der Waals surface area contributed by atoms with Crippen molar-refractivity contribution in [2.24, 2.45) is 23.9 Å². The number of aliphatic imine (C=N–C) groups is 1. The molecule has 6 nitrogen and oxygen atoms in total. The number of hydrogen-bond acceptors (Lipinski definition) is 4. The van der Waals surface area contributed by atoms with E-state index < -0.39 is 5.54 Å². The lowest BCUT2D eigenvalue weighted by Gasteiger charge is -2.17. The molecule has 1 saturated carbocycles. The fourth-order valence-electron chi connectivity index (χ4n) is 4.93. The lowest BCUT2D eigenvalue weighted by Crippen LogP contribution is -2.29. The van der Waals surface area contributed by atoms with E-state index in [1.165, 1.54) is 32.3 Å². The number of ketones is 1. The van der Waals surface area contributed by atoms with E-state index in [0.29, 0.717) is 23.1 Å². The zero-order valence-corrected chi connectivity index (χ0v) is 27.3. The number of aryl methyl sites for hydroxylation is 1. The summed E-state index contributed by atoms with van der Waals surface area (Å²) >= 11 is 0. The van der Waals surface area contributed by atoms with Crippen molar-refractivity contribution < 1.29 is 14.0 Å². The second-order valence-corrected chi connectivity index (χ2v) is 12.3. The monoisotopic (exact) mass is 588 g/mol. The van der Waals surface area contributed by atoms with E-state index in [4.69, 9.17) is 0 Å². The van der Waals surface area contributed by atoms with Crippen LogP contribution in [0.1, 0.15) is 86.1 Å². The van der Waals surface area contributed by atoms with Gasteiger partial charge in [0, 0.05) is 49.1 Å². The predicted octanol–water partition coefficient (Wildman–Crippen LogP) is 8.14. The van der Waals surface area contributed by atoms with Gasteiger partial charge in [0.2, 0.25) is 5.91 Å². The predicted molar refractivity (Wildman–Crippen MR) is 175 cm³/mol. The minimum absolute atomic E-state index is 0.0578. The van der Waals surface area contributed by atoms with Crippen LogP contribution in [0.25, 0.3) is 22.3 Å². The smallest absolute Gasteiger partial charge is 0.225 e. The molecule has 0 spiro atoms. The maximum Gasteiger partial charge on any atom is 0.225 e. The molecule has 7 heteroatoms. The van der Waals surface area contributed by atoms with Crippen molar-refractivity contribution in [2.75, 3.05) is 13.1 Å². The molecule has 2 fully saturated rings. The lowest BCUT2D eigenvalue weighted by atomic mass is 9.98. The van der Waals surface area contributed by atoms with Gasteiger partial charge in [-0.2, -0.15) is 5.10 Å². The molecule has 1 saturated heterocycles. The van der Waals surface area contributed by atoms with Crippen LogP contribution in [0.2, 0.25) is 0 Å². The van der Waals surface area contributed by atoms with Crippen LogP contribution >= 0.6 is 0 Å². The summed E-state index contributed by atoms with van der Waals surface area (Å²) in [7, 11) is 1.88. The topological polar surface area (TPSA) is 67.6 Å². The molecule has 2 aromatic carbocycles. The SMILES string of the molecule is CC(=O)C(C)(C)N=C(C)c1ccc(-c2ccc(-c3cnn(C)c3)cc2)cc1F.CCC.CCC1CCN(C(=O)C2CC2)C1. The highest BCUT2D eigenvalue weighted by atomic mass is 19.1. The number of halogens is 1. The Bertz CT molecular complexity index is 1400. The fraction of sp³-hybridized carbons (Fsp3) is 0.500. The zero-order chi connectivity index (χ0) is 31.7. The molecule has 1 amide bonds. The third-order valence-corrected chi connectivity index (χ3v) is 8.03. The highest BCUT2D eigenvalue weighted by Gasteiger charge is 2.36. The highest BCUT2D eigenvalue weighted by molar-refractivity contribution is 6.01. The average Bonchev–Trinajstić information content (AvgIpc) is 3.55. The summed E-state index contributed by atoms with van der Waals surface area (Å²) in [4.78, 5) is 29.8. The van der Waals surface area contributed by atoms with Crippen LogP contribution in [-0.2, 0) is 16.6 Å². The number of benzene rings is 2. The van der Waals surface area contributed by atoms with E-state index in [2.05, 4.69) is 35.8 Å². The van der Waals surface area contributed by atoms with Gasteiger partial charge in [0.05, 0.1) is 6.20 Å².